The Balaban J connectivity index is 1.28. The number of nitrogens with zero attached hydrogens (tertiary/aromatic N) is 4. The van der Waals surface area contributed by atoms with Crippen LogP contribution in [0.15, 0.2) is 111 Å². The third-order valence-electron chi connectivity index (χ3n) is 8.35. The summed E-state index contributed by atoms with van der Waals surface area (Å²) in [4.78, 5) is 77.9. The molecule has 0 aromatic heterocycles. The van der Waals surface area contributed by atoms with Crippen molar-refractivity contribution in [2.24, 2.45) is 20.5 Å². The molecule has 0 spiro atoms. The van der Waals surface area contributed by atoms with Crippen LogP contribution in [0.1, 0.15) is 34.6 Å². The van der Waals surface area contributed by atoms with Crippen molar-refractivity contribution in [3.8, 4) is 5.75 Å². The number of ether oxygens (including phenoxy) is 1. The Morgan fingerprint density at radius 2 is 1.00 bits per heavy atom. The lowest BCUT2D eigenvalue weighted by atomic mass is 10.1. The Kier molecular flexibility index (Phi) is 17.0. The van der Waals surface area contributed by atoms with Crippen LogP contribution in [0.4, 0.5) is 34.1 Å². The van der Waals surface area contributed by atoms with Crippen molar-refractivity contribution in [3.05, 3.63) is 132 Å². The third kappa shape index (κ3) is 12.7. The molecule has 4 N–H and O–H groups in total. The molecular weight excluding hydrogens is 965 g/mol. The van der Waals surface area contributed by atoms with Crippen molar-refractivity contribution in [3.63, 3.8) is 0 Å². The fourth-order valence-corrected chi connectivity index (χ4v) is 6.48. The molecule has 0 saturated carbocycles. The monoisotopic (exact) mass is 990 g/mol. The smallest absolute Gasteiger partial charge is 0.258 e. The SMILES string of the molecule is CC(=O)C(N=Nc1ccc(Cl)c(C(=O)Nc2cccc(Cl)c2Cl)c1)C(=O)Nc1ccc(NC(=O)C(N=Nc2ccc(Cl)c(C(=O)Nc3cccc(Cl)c3Cl)c2)C(C)=O)c(OCCl)c1. The number of alkyl halides is 1. The number of ketones is 2. The summed E-state index contributed by atoms with van der Waals surface area (Å²) in [6, 6.07) is 17.8. The predicted octanol–water partition coefficient (Wildman–Crippen LogP) is 12.0. The van der Waals surface area contributed by atoms with Crippen LogP contribution in [-0.2, 0) is 19.2 Å². The van der Waals surface area contributed by atoms with E-state index in [9.17, 15) is 28.8 Å². The number of halogens is 7. The van der Waals surface area contributed by atoms with E-state index in [0.717, 1.165) is 13.8 Å². The number of rotatable bonds is 16. The molecule has 0 aliphatic rings. The Bertz CT molecular complexity index is 2700. The van der Waals surface area contributed by atoms with Gasteiger partial charge < -0.3 is 26.0 Å². The number of carbonyl (C=O) groups is 6. The summed E-state index contributed by atoms with van der Waals surface area (Å²) in [6.45, 7) is 2.25. The Labute approximate surface area is 393 Å². The highest BCUT2D eigenvalue weighted by molar-refractivity contribution is 6.45. The van der Waals surface area contributed by atoms with E-state index in [1.807, 2.05) is 0 Å². The van der Waals surface area contributed by atoms with E-state index >= 15 is 0 Å². The van der Waals surface area contributed by atoms with Gasteiger partial charge in [-0.2, -0.15) is 20.5 Å². The number of anilines is 4. The maximum Gasteiger partial charge on any atom is 0.258 e. The summed E-state index contributed by atoms with van der Waals surface area (Å²) in [7, 11) is 0. The molecule has 22 heteroatoms. The number of hydrogen-bond acceptors (Lipinski definition) is 11. The van der Waals surface area contributed by atoms with Crippen LogP contribution in [0.25, 0.3) is 0 Å². The average Bonchev–Trinajstić information content (AvgIpc) is 3.23. The quantitative estimate of drug-likeness (QED) is 0.0426. The molecule has 0 heterocycles. The van der Waals surface area contributed by atoms with Gasteiger partial charge >= 0.3 is 0 Å². The highest BCUT2D eigenvalue weighted by Gasteiger charge is 2.27. The molecule has 324 valence electrons. The molecule has 0 fully saturated rings. The molecule has 0 bridgehead atoms. The predicted molar refractivity (Wildman–Crippen MR) is 245 cm³/mol. The van der Waals surface area contributed by atoms with Crippen LogP contribution in [-0.4, -0.2) is 53.3 Å². The number of azo groups is 2. The van der Waals surface area contributed by atoms with E-state index in [4.69, 9.17) is 85.9 Å². The Morgan fingerprint density at radius 3 is 1.44 bits per heavy atom. The molecule has 0 aliphatic carbocycles. The molecule has 15 nitrogen and oxygen atoms in total. The zero-order valence-electron chi connectivity index (χ0n) is 32.3. The van der Waals surface area contributed by atoms with Crippen LogP contribution in [0, 0.1) is 0 Å². The lowest BCUT2D eigenvalue weighted by molar-refractivity contribution is -0.127. The van der Waals surface area contributed by atoms with Crippen LogP contribution in [0.3, 0.4) is 0 Å². The Morgan fingerprint density at radius 1 is 0.540 bits per heavy atom. The van der Waals surface area contributed by atoms with Crippen LogP contribution in [0.2, 0.25) is 30.1 Å². The minimum Gasteiger partial charge on any atom is -0.476 e. The number of carbonyl (C=O) groups excluding carboxylic acids is 6. The standard InChI is InChI=1S/C41H29Cl7N8O7/c1-19(57)36(55-53-22-9-12-26(43)24(15-22)38(59)51-31-7-3-5-28(45)34(31)47)40(61)49-21-11-14-30(33(17-21)63-18-42)50-41(62)37(20(2)58)56-54-23-10-13-27(44)25(16-23)39(60)52-32-8-4-6-29(46)35(32)48/h3-17,36-37H,18H2,1-2H3,(H,49,61)(H,50,62)(H,51,59)(H,52,60). The lowest BCUT2D eigenvalue weighted by Gasteiger charge is -2.15. The van der Waals surface area contributed by atoms with Crippen molar-refractivity contribution in [2.75, 3.05) is 27.3 Å². The highest BCUT2D eigenvalue weighted by Crippen LogP contribution is 2.34. The normalized spacial score (nSPS) is 12.1. The summed E-state index contributed by atoms with van der Waals surface area (Å²) < 4.78 is 5.46. The minimum atomic E-state index is -1.67. The zero-order chi connectivity index (χ0) is 46.0. The van der Waals surface area contributed by atoms with E-state index in [2.05, 4.69) is 41.7 Å². The van der Waals surface area contributed by atoms with Gasteiger partial charge in [0.25, 0.3) is 23.6 Å². The maximum atomic E-state index is 13.4. The number of hydrogen-bond donors (Lipinski definition) is 4. The molecule has 2 atom stereocenters. The van der Waals surface area contributed by atoms with Crippen molar-refractivity contribution >= 4 is 151 Å². The fraction of sp³-hybridized carbons (Fsp3) is 0.122. The second-order valence-corrected chi connectivity index (χ2v) is 15.4. The fourth-order valence-electron chi connectivity index (χ4n) is 5.26. The summed E-state index contributed by atoms with van der Waals surface area (Å²) in [5.74, 6) is -4.51. The first-order valence-electron chi connectivity index (χ1n) is 17.8. The highest BCUT2D eigenvalue weighted by atomic mass is 35.5. The average molecular weight is 994 g/mol. The molecule has 5 rings (SSSR count). The van der Waals surface area contributed by atoms with Crippen LogP contribution < -0.4 is 26.0 Å². The largest absolute Gasteiger partial charge is 0.476 e. The van der Waals surface area contributed by atoms with E-state index in [-0.39, 0.29) is 81.1 Å². The first kappa shape index (κ1) is 48.4. The van der Waals surface area contributed by atoms with Crippen molar-refractivity contribution in [2.45, 2.75) is 25.9 Å². The van der Waals surface area contributed by atoms with Crippen molar-refractivity contribution in [1.82, 2.24) is 0 Å². The van der Waals surface area contributed by atoms with E-state index < -0.39 is 53.3 Å². The summed E-state index contributed by atoms with van der Waals surface area (Å²) >= 11 is 42.9. The number of nitrogens with one attached hydrogen (secondary N) is 4. The Hall–Kier alpha value is -5.65. The molecule has 0 aliphatic heterocycles. The lowest BCUT2D eigenvalue weighted by Crippen LogP contribution is -2.32. The van der Waals surface area contributed by atoms with E-state index in [1.165, 1.54) is 54.6 Å². The second kappa shape index (κ2) is 22.1. The van der Waals surface area contributed by atoms with Gasteiger partial charge in [-0.25, -0.2) is 0 Å². The summed E-state index contributed by atoms with van der Waals surface area (Å²) in [5.41, 5.74) is 0.723. The molecule has 2 unspecified atom stereocenters. The minimum absolute atomic E-state index is 0.0106. The molecule has 63 heavy (non-hydrogen) atoms. The van der Waals surface area contributed by atoms with Gasteiger partial charge in [-0.1, -0.05) is 93.3 Å². The summed E-state index contributed by atoms with van der Waals surface area (Å²) in [6.07, 6.45) is 0. The zero-order valence-corrected chi connectivity index (χ0v) is 37.6. The van der Waals surface area contributed by atoms with Crippen molar-refractivity contribution < 1.29 is 33.5 Å². The molecular formula is C41H29Cl7N8O7. The van der Waals surface area contributed by atoms with Gasteiger partial charge in [-0.3, -0.25) is 28.8 Å². The first-order chi connectivity index (χ1) is 30.0. The number of benzene rings is 5. The van der Waals surface area contributed by atoms with Crippen LogP contribution >= 0.6 is 81.2 Å². The van der Waals surface area contributed by atoms with Crippen LogP contribution in [0.5, 0.6) is 5.75 Å². The van der Waals surface area contributed by atoms with E-state index in [0.29, 0.717) is 0 Å². The molecule has 4 amide bonds. The number of Topliss-reactive ketones (excluding diaryl/α,β-unsaturated/α-hetero) is 2. The first-order valence-corrected chi connectivity index (χ1v) is 20.6. The topological polar surface area (TPSA) is 209 Å². The van der Waals surface area contributed by atoms with Gasteiger partial charge in [0.05, 0.1) is 69.7 Å². The van der Waals surface area contributed by atoms with Crippen molar-refractivity contribution in [1.29, 1.82) is 0 Å². The number of amides is 4. The molecule has 0 saturated heterocycles. The van der Waals surface area contributed by atoms with Gasteiger partial charge in [0.2, 0.25) is 12.1 Å². The van der Waals surface area contributed by atoms with Gasteiger partial charge in [-0.05, 0) is 86.6 Å². The maximum absolute atomic E-state index is 13.4. The van der Waals surface area contributed by atoms with E-state index in [1.54, 1.807) is 36.4 Å². The second-order valence-electron chi connectivity index (χ2n) is 12.8. The van der Waals surface area contributed by atoms with Gasteiger partial charge in [0.1, 0.15) is 5.75 Å². The molecule has 5 aromatic rings. The van der Waals surface area contributed by atoms with Gasteiger partial charge in [-0.15, -0.1) is 0 Å². The van der Waals surface area contributed by atoms with Gasteiger partial charge in [0, 0.05) is 11.8 Å². The summed E-state index contributed by atoms with van der Waals surface area (Å²) in [5, 5.41) is 26.9. The molecule has 5 aromatic carbocycles. The third-order valence-corrected chi connectivity index (χ3v) is 10.8. The molecule has 0 radical (unpaired) electrons. The van der Waals surface area contributed by atoms with Gasteiger partial charge in [0.15, 0.2) is 17.6 Å².